The van der Waals surface area contributed by atoms with E-state index in [2.05, 4.69) is 20.8 Å². The van der Waals surface area contributed by atoms with E-state index >= 15 is 0 Å². The van der Waals surface area contributed by atoms with Crippen LogP contribution in [0.5, 0.6) is 0 Å². The number of unbranched alkanes of at least 4 members (excludes halogenated alkanes) is 1. The average Bonchev–Trinajstić information content (AvgIpc) is 2.50. The lowest BCUT2D eigenvalue weighted by atomic mass is 9.97. The summed E-state index contributed by atoms with van der Waals surface area (Å²) in [6, 6.07) is 0. The van der Waals surface area contributed by atoms with E-state index in [1.54, 1.807) is 12.5 Å². The van der Waals surface area contributed by atoms with Crippen LogP contribution in [-0.4, -0.2) is 5.79 Å². The monoisotopic (exact) mass is 170 g/mol. The van der Waals surface area contributed by atoms with Gasteiger partial charge in [0.15, 0.2) is 0 Å². The summed E-state index contributed by atoms with van der Waals surface area (Å²) < 4.78 is 11.0. The zero-order chi connectivity index (χ0) is 9.03. The second-order valence-corrected chi connectivity index (χ2v) is 3.58. The molecule has 0 amide bonds. The van der Waals surface area contributed by atoms with Gasteiger partial charge in [-0.05, 0) is 6.42 Å². The normalized spacial score (nSPS) is 19.3. The molecule has 2 nitrogen and oxygen atoms in total. The molecule has 0 spiro atoms. The van der Waals surface area contributed by atoms with Gasteiger partial charge in [-0.1, -0.05) is 27.2 Å². The standard InChI is InChI=1S/C10H18O2/c1-4-5-6-10(9(2)3)11-7-8-12-10/h7-9H,4-6H2,1-3H3. The summed E-state index contributed by atoms with van der Waals surface area (Å²) in [6.07, 6.45) is 6.61. The number of hydrogen-bond acceptors (Lipinski definition) is 2. The molecule has 1 rings (SSSR count). The van der Waals surface area contributed by atoms with Gasteiger partial charge in [-0.3, -0.25) is 0 Å². The van der Waals surface area contributed by atoms with Crippen LogP contribution >= 0.6 is 0 Å². The molecule has 1 aliphatic rings. The van der Waals surface area contributed by atoms with Gasteiger partial charge >= 0.3 is 0 Å². The number of ether oxygens (including phenoxy) is 2. The van der Waals surface area contributed by atoms with E-state index in [0.29, 0.717) is 5.92 Å². The Morgan fingerprint density at radius 3 is 2.25 bits per heavy atom. The third-order valence-electron chi connectivity index (χ3n) is 2.35. The maximum atomic E-state index is 5.50. The SMILES string of the molecule is CCCCC1(C(C)C)OC=CO1. The Kier molecular flexibility index (Phi) is 3.01. The van der Waals surface area contributed by atoms with Crippen LogP contribution in [0, 0.1) is 5.92 Å². The fourth-order valence-corrected chi connectivity index (χ4v) is 1.42. The van der Waals surface area contributed by atoms with E-state index in [1.807, 2.05) is 0 Å². The molecule has 0 N–H and O–H groups in total. The van der Waals surface area contributed by atoms with Gasteiger partial charge in [0.1, 0.15) is 12.5 Å². The van der Waals surface area contributed by atoms with Crippen LogP contribution in [0.3, 0.4) is 0 Å². The average molecular weight is 170 g/mol. The maximum Gasteiger partial charge on any atom is 0.252 e. The van der Waals surface area contributed by atoms with E-state index in [4.69, 9.17) is 9.47 Å². The summed E-state index contributed by atoms with van der Waals surface area (Å²) in [5.74, 6) is 0.0368. The topological polar surface area (TPSA) is 18.5 Å². The van der Waals surface area contributed by atoms with Crippen LogP contribution in [0.1, 0.15) is 40.0 Å². The van der Waals surface area contributed by atoms with Crippen molar-refractivity contribution in [2.24, 2.45) is 5.92 Å². The van der Waals surface area contributed by atoms with Crippen LogP contribution in [0.4, 0.5) is 0 Å². The van der Waals surface area contributed by atoms with Crippen LogP contribution in [0.2, 0.25) is 0 Å². The molecule has 12 heavy (non-hydrogen) atoms. The van der Waals surface area contributed by atoms with Crippen LogP contribution in [0.15, 0.2) is 12.5 Å². The fourth-order valence-electron chi connectivity index (χ4n) is 1.42. The molecule has 0 saturated heterocycles. The molecule has 0 aromatic carbocycles. The predicted octanol–water partition coefficient (Wildman–Crippen LogP) is 3.05. The first-order valence-electron chi connectivity index (χ1n) is 4.72. The summed E-state index contributed by atoms with van der Waals surface area (Å²) in [4.78, 5) is 0. The Balaban J connectivity index is 2.49. The van der Waals surface area contributed by atoms with Crippen molar-refractivity contribution in [1.29, 1.82) is 0 Å². The van der Waals surface area contributed by atoms with Crippen molar-refractivity contribution >= 4 is 0 Å². The third-order valence-corrected chi connectivity index (χ3v) is 2.35. The lowest BCUT2D eigenvalue weighted by molar-refractivity contribution is -0.178. The zero-order valence-electron chi connectivity index (χ0n) is 8.17. The molecular formula is C10H18O2. The first-order valence-corrected chi connectivity index (χ1v) is 4.72. The zero-order valence-corrected chi connectivity index (χ0v) is 8.17. The van der Waals surface area contributed by atoms with Crippen molar-refractivity contribution in [1.82, 2.24) is 0 Å². The van der Waals surface area contributed by atoms with Gasteiger partial charge in [0, 0.05) is 12.3 Å². The molecule has 70 valence electrons. The largest absolute Gasteiger partial charge is 0.457 e. The second kappa shape index (κ2) is 3.83. The van der Waals surface area contributed by atoms with Crippen LogP contribution in [-0.2, 0) is 9.47 Å². The van der Waals surface area contributed by atoms with E-state index in [1.165, 1.54) is 6.42 Å². The van der Waals surface area contributed by atoms with Crippen LogP contribution < -0.4 is 0 Å². The Hall–Kier alpha value is -0.660. The van der Waals surface area contributed by atoms with Gasteiger partial charge in [0.25, 0.3) is 5.79 Å². The molecule has 0 saturated carbocycles. The minimum absolute atomic E-state index is 0.365. The molecular weight excluding hydrogens is 152 g/mol. The summed E-state index contributed by atoms with van der Waals surface area (Å²) >= 11 is 0. The van der Waals surface area contributed by atoms with Gasteiger partial charge < -0.3 is 9.47 Å². The van der Waals surface area contributed by atoms with Crippen LogP contribution in [0.25, 0.3) is 0 Å². The van der Waals surface area contributed by atoms with Gasteiger partial charge in [-0.15, -0.1) is 0 Å². The van der Waals surface area contributed by atoms with E-state index in [-0.39, 0.29) is 5.79 Å². The quantitative estimate of drug-likeness (QED) is 0.645. The second-order valence-electron chi connectivity index (χ2n) is 3.58. The molecule has 0 aromatic rings. The summed E-state index contributed by atoms with van der Waals surface area (Å²) in [5, 5.41) is 0. The number of hydrogen-bond donors (Lipinski definition) is 0. The van der Waals surface area contributed by atoms with Gasteiger partial charge in [-0.25, -0.2) is 0 Å². The van der Waals surface area contributed by atoms with Gasteiger partial charge in [0.05, 0.1) is 0 Å². The van der Waals surface area contributed by atoms with E-state index in [0.717, 1.165) is 12.8 Å². The smallest absolute Gasteiger partial charge is 0.252 e. The summed E-state index contributed by atoms with van der Waals surface area (Å²) in [6.45, 7) is 6.43. The van der Waals surface area contributed by atoms with Crippen molar-refractivity contribution in [2.45, 2.75) is 45.8 Å². The predicted molar refractivity (Wildman–Crippen MR) is 48.4 cm³/mol. The summed E-state index contributed by atoms with van der Waals surface area (Å²) in [7, 11) is 0. The minimum Gasteiger partial charge on any atom is -0.457 e. The highest BCUT2D eigenvalue weighted by Crippen LogP contribution is 2.33. The first kappa shape index (κ1) is 9.43. The maximum absolute atomic E-state index is 5.50. The Labute approximate surface area is 74.6 Å². The first-order chi connectivity index (χ1) is 5.71. The van der Waals surface area contributed by atoms with Crippen molar-refractivity contribution < 1.29 is 9.47 Å². The van der Waals surface area contributed by atoms with Crippen molar-refractivity contribution in [3.05, 3.63) is 12.5 Å². The highest BCUT2D eigenvalue weighted by molar-refractivity contribution is 4.85. The Morgan fingerprint density at radius 1 is 1.25 bits per heavy atom. The van der Waals surface area contributed by atoms with Crippen molar-refractivity contribution in [2.75, 3.05) is 0 Å². The molecule has 0 radical (unpaired) electrons. The summed E-state index contributed by atoms with van der Waals surface area (Å²) in [5.41, 5.74) is 0. The van der Waals surface area contributed by atoms with Gasteiger partial charge in [-0.2, -0.15) is 0 Å². The van der Waals surface area contributed by atoms with Crippen molar-refractivity contribution in [3.8, 4) is 0 Å². The molecule has 1 heterocycles. The van der Waals surface area contributed by atoms with Crippen molar-refractivity contribution in [3.63, 3.8) is 0 Å². The molecule has 1 aliphatic heterocycles. The lowest BCUT2D eigenvalue weighted by Crippen LogP contribution is -2.36. The molecule has 0 fully saturated rings. The highest BCUT2D eigenvalue weighted by atomic mass is 16.7. The third kappa shape index (κ3) is 1.74. The van der Waals surface area contributed by atoms with E-state index in [9.17, 15) is 0 Å². The Morgan fingerprint density at radius 2 is 1.83 bits per heavy atom. The Bertz CT molecular complexity index is 153. The minimum atomic E-state index is -0.365. The lowest BCUT2D eigenvalue weighted by Gasteiger charge is -2.31. The molecule has 0 bridgehead atoms. The molecule has 0 unspecified atom stereocenters. The van der Waals surface area contributed by atoms with Gasteiger partial charge in [0.2, 0.25) is 0 Å². The molecule has 0 aliphatic carbocycles. The fraction of sp³-hybridized carbons (Fsp3) is 0.800. The molecule has 0 aromatic heterocycles. The highest BCUT2D eigenvalue weighted by Gasteiger charge is 2.38. The number of rotatable bonds is 4. The molecule has 2 heteroatoms. The molecule has 0 atom stereocenters. The van der Waals surface area contributed by atoms with E-state index < -0.39 is 0 Å².